The van der Waals surface area contributed by atoms with Crippen molar-refractivity contribution in [3.8, 4) is 0 Å². The van der Waals surface area contributed by atoms with Crippen molar-refractivity contribution in [2.24, 2.45) is 17.8 Å². The summed E-state index contributed by atoms with van der Waals surface area (Å²) in [6.45, 7) is 11.1. The van der Waals surface area contributed by atoms with E-state index < -0.39 is 0 Å². The van der Waals surface area contributed by atoms with Crippen LogP contribution in [-0.2, 0) is 0 Å². The first kappa shape index (κ1) is 17.3. The third-order valence-corrected chi connectivity index (χ3v) is 5.04. The average Bonchev–Trinajstić information content (AvgIpc) is 2.41. The van der Waals surface area contributed by atoms with Crippen LogP contribution in [0.1, 0.15) is 52.4 Å². The Morgan fingerprint density at radius 1 is 0.947 bits per heavy atom. The van der Waals surface area contributed by atoms with Gasteiger partial charge in [0.25, 0.3) is 0 Å². The third kappa shape index (κ3) is 6.01. The van der Waals surface area contributed by atoms with Crippen LogP contribution in [0.2, 0.25) is 0 Å². The molecule has 0 amide bonds. The van der Waals surface area contributed by atoms with Crippen molar-refractivity contribution in [2.75, 3.05) is 32.7 Å². The molecule has 0 spiro atoms. The molecule has 2 nitrogen and oxygen atoms in total. The van der Waals surface area contributed by atoms with E-state index in [9.17, 15) is 0 Å². The first-order valence-electron chi connectivity index (χ1n) is 8.21. The zero-order chi connectivity index (χ0) is 12.8. The van der Waals surface area contributed by atoms with Crippen molar-refractivity contribution < 1.29 is 0 Å². The molecule has 0 bridgehead atoms. The van der Waals surface area contributed by atoms with Crippen molar-refractivity contribution in [1.29, 1.82) is 0 Å². The fraction of sp³-hybridized carbons (Fsp3) is 1.00. The van der Waals surface area contributed by atoms with Crippen LogP contribution in [0.3, 0.4) is 0 Å². The van der Waals surface area contributed by atoms with E-state index in [2.05, 4.69) is 24.1 Å². The van der Waals surface area contributed by atoms with Gasteiger partial charge in [-0.25, -0.2) is 0 Å². The summed E-state index contributed by atoms with van der Waals surface area (Å²) in [6.07, 6.45) is 8.74. The van der Waals surface area contributed by atoms with Crippen molar-refractivity contribution in [3.63, 3.8) is 0 Å². The van der Waals surface area contributed by atoms with E-state index in [-0.39, 0.29) is 12.4 Å². The van der Waals surface area contributed by atoms with Crippen LogP contribution in [0, 0.1) is 17.8 Å². The highest BCUT2D eigenvalue weighted by atomic mass is 35.5. The maximum atomic E-state index is 3.50. The lowest BCUT2D eigenvalue weighted by molar-refractivity contribution is 0.137. The number of nitrogens with one attached hydrogen (secondary N) is 1. The molecule has 0 unspecified atom stereocenters. The number of hydrogen-bond donors (Lipinski definition) is 1. The number of rotatable bonds is 5. The Kier molecular flexibility index (Phi) is 8.36. The van der Waals surface area contributed by atoms with Gasteiger partial charge in [-0.1, -0.05) is 26.7 Å². The molecule has 0 atom stereocenters. The first-order chi connectivity index (χ1) is 8.78. The summed E-state index contributed by atoms with van der Waals surface area (Å²) in [6, 6.07) is 0. The predicted molar refractivity (Wildman–Crippen MR) is 86.1 cm³/mol. The van der Waals surface area contributed by atoms with Crippen LogP contribution < -0.4 is 5.32 Å². The predicted octanol–water partition coefficient (Wildman–Crippen LogP) is 3.56. The Balaban J connectivity index is 0.00000180. The van der Waals surface area contributed by atoms with E-state index in [1.54, 1.807) is 0 Å². The van der Waals surface area contributed by atoms with E-state index in [4.69, 9.17) is 0 Å². The molecule has 1 saturated heterocycles. The molecule has 0 aromatic rings. The SMILES string of the molecule is CCNCC1CCN(CC2CCC(C)CC2)CC1.Cl. The fourth-order valence-electron chi connectivity index (χ4n) is 3.60. The highest BCUT2D eigenvalue weighted by molar-refractivity contribution is 5.85. The lowest BCUT2D eigenvalue weighted by Crippen LogP contribution is -2.40. The zero-order valence-corrected chi connectivity index (χ0v) is 13.7. The summed E-state index contributed by atoms with van der Waals surface area (Å²) in [5.41, 5.74) is 0. The molecule has 2 fully saturated rings. The van der Waals surface area contributed by atoms with Crippen LogP contribution in [-0.4, -0.2) is 37.6 Å². The summed E-state index contributed by atoms with van der Waals surface area (Å²) in [4.78, 5) is 2.74. The average molecular weight is 289 g/mol. The maximum absolute atomic E-state index is 3.50. The standard InChI is InChI=1S/C16H32N2.ClH/c1-3-17-12-15-8-10-18(11-9-15)13-16-6-4-14(2)5-7-16;/h14-17H,3-13H2,1-2H3;1H. The van der Waals surface area contributed by atoms with Crippen molar-refractivity contribution >= 4 is 12.4 Å². The molecule has 0 aromatic heterocycles. The van der Waals surface area contributed by atoms with Gasteiger partial charge in [0, 0.05) is 6.54 Å². The molecule has 0 aromatic carbocycles. The monoisotopic (exact) mass is 288 g/mol. The summed E-state index contributed by atoms with van der Waals surface area (Å²) < 4.78 is 0. The molecular formula is C16H33ClN2. The summed E-state index contributed by atoms with van der Waals surface area (Å²) in [7, 11) is 0. The Hall–Kier alpha value is 0.210. The molecule has 114 valence electrons. The molecule has 2 rings (SSSR count). The Morgan fingerprint density at radius 3 is 2.16 bits per heavy atom. The van der Waals surface area contributed by atoms with Gasteiger partial charge in [-0.05, 0) is 69.6 Å². The second-order valence-electron chi connectivity index (χ2n) is 6.68. The van der Waals surface area contributed by atoms with E-state index >= 15 is 0 Å². The molecular weight excluding hydrogens is 256 g/mol. The van der Waals surface area contributed by atoms with E-state index in [0.29, 0.717) is 0 Å². The maximum Gasteiger partial charge on any atom is 0.000966 e. The van der Waals surface area contributed by atoms with Crippen LogP contribution in [0.4, 0.5) is 0 Å². The van der Waals surface area contributed by atoms with Gasteiger partial charge in [0.2, 0.25) is 0 Å². The molecule has 3 heteroatoms. The topological polar surface area (TPSA) is 15.3 Å². The Morgan fingerprint density at radius 2 is 1.58 bits per heavy atom. The Labute approximate surface area is 126 Å². The van der Waals surface area contributed by atoms with Gasteiger partial charge >= 0.3 is 0 Å². The van der Waals surface area contributed by atoms with Gasteiger partial charge in [0.15, 0.2) is 0 Å². The summed E-state index contributed by atoms with van der Waals surface area (Å²) in [5, 5.41) is 3.50. The molecule has 0 radical (unpaired) electrons. The molecule has 1 heterocycles. The van der Waals surface area contributed by atoms with Gasteiger partial charge < -0.3 is 10.2 Å². The molecule has 1 aliphatic carbocycles. The molecule has 1 saturated carbocycles. The lowest BCUT2D eigenvalue weighted by atomic mass is 9.82. The minimum atomic E-state index is 0. The van der Waals surface area contributed by atoms with Crippen molar-refractivity contribution in [3.05, 3.63) is 0 Å². The largest absolute Gasteiger partial charge is 0.317 e. The van der Waals surface area contributed by atoms with Crippen molar-refractivity contribution in [1.82, 2.24) is 10.2 Å². The number of hydrogen-bond acceptors (Lipinski definition) is 2. The summed E-state index contributed by atoms with van der Waals surface area (Å²) in [5.74, 6) is 2.94. The van der Waals surface area contributed by atoms with Gasteiger partial charge in [-0.15, -0.1) is 12.4 Å². The quantitative estimate of drug-likeness (QED) is 0.832. The molecule has 1 aliphatic heterocycles. The van der Waals surface area contributed by atoms with Crippen LogP contribution in [0.25, 0.3) is 0 Å². The number of piperidine rings is 1. The fourth-order valence-corrected chi connectivity index (χ4v) is 3.60. The van der Waals surface area contributed by atoms with Crippen LogP contribution in [0.15, 0.2) is 0 Å². The Bertz CT molecular complexity index is 219. The van der Waals surface area contributed by atoms with Crippen molar-refractivity contribution in [2.45, 2.75) is 52.4 Å². The van der Waals surface area contributed by atoms with Crippen LogP contribution in [0.5, 0.6) is 0 Å². The van der Waals surface area contributed by atoms with Gasteiger partial charge in [-0.3, -0.25) is 0 Å². The third-order valence-electron chi connectivity index (χ3n) is 5.04. The number of nitrogens with zero attached hydrogens (tertiary/aromatic N) is 1. The first-order valence-corrected chi connectivity index (χ1v) is 8.21. The molecule has 2 aliphatic rings. The van der Waals surface area contributed by atoms with E-state index in [1.165, 1.54) is 64.7 Å². The van der Waals surface area contributed by atoms with E-state index in [1.807, 2.05) is 0 Å². The van der Waals surface area contributed by atoms with Gasteiger partial charge in [-0.2, -0.15) is 0 Å². The number of likely N-dealkylation sites (tertiary alicyclic amines) is 1. The van der Waals surface area contributed by atoms with E-state index in [0.717, 1.165) is 24.3 Å². The highest BCUT2D eigenvalue weighted by Crippen LogP contribution is 2.29. The van der Waals surface area contributed by atoms with Gasteiger partial charge in [0.05, 0.1) is 0 Å². The molecule has 19 heavy (non-hydrogen) atoms. The minimum Gasteiger partial charge on any atom is -0.317 e. The van der Waals surface area contributed by atoms with Gasteiger partial charge in [0.1, 0.15) is 0 Å². The highest BCUT2D eigenvalue weighted by Gasteiger charge is 2.23. The zero-order valence-electron chi connectivity index (χ0n) is 12.9. The summed E-state index contributed by atoms with van der Waals surface area (Å²) >= 11 is 0. The number of halogens is 1. The van der Waals surface area contributed by atoms with Crippen LogP contribution >= 0.6 is 12.4 Å². The second-order valence-corrected chi connectivity index (χ2v) is 6.68. The smallest absolute Gasteiger partial charge is 0.000966 e. The minimum absolute atomic E-state index is 0. The lowest BCUT2D eigenvalue weighted by Gasteiger charge is -2.36. The second kappa shape index (κ2) is 9.20. The molecule has 1 N–H and O–H groups in total. The normalized spacial score (nSPS) is 30.0.